The van der Waals surface area contributed by atoms with E-state index in [-0.39, 0.29) is 12.5 Å². The average molecular weight is 199 g/mol. The molecule has 1 aliphatic heterocycles. The van der Waals surface area contributed by atoms with Crippen LogP contribution in [0.1, 0.15) is 39.5 Å². The van der Waals surface area contributed by atoms with E-state index in [4.69, 9.17) is 5.11 Å². The highest BCUT2D eigenvalue weighted by molar-refractivity contribution is 5.73. The normalized spacial score (nSPS) is 23.9. The third kappa shape index (κ3) is 2.71. The molecule has 3 nitrogen and oxygen atoms in total. The van der Waals surface area contributed by atoms with Gasteiger partial charge in [-0.2, -0.15) is 0 Å². The Balaban J connectivity index is 2.44. The zero-order valence-corrected chi connectivity index (χ0v) is 9.20. The van der Waals surface area contributed by atoms with E-state index >= 15 is 0 Å². The first-order valence-corrected chi connectivity index (χ1v) is 5.55. The minimum absolute atomic E-state index is 0.198. The quantitative estimate of drug-likeness (QED) is 0.743. The molecule has 1 saturated heterocycles. The number of nitrogens with zero attached hydrogens (tertiary/aromatic N) is 1. The predicted octanol–water partition coefficient (Wildman–Crippen LogP) is 1.41. The van der Waals surface area contributed by atoms with Crippen LogP contribution in [0.2, 0.25) is 0 Å². The van der Waals surface area contributed by atoms with Crippen molar-refractivity contribution in [3.05, 3.63) is 0 Å². The van der Waals surface area contributed by atoms with E-state index < -0.39 is 0 Å². The van der Waals surface area contributed by atoms with E-state index in [9.17, 15) is 4.79 Å². The van der Waals surface area contributed by atoms with Gasteiger partial charge in [0.15, 0.2) is 0 Å². The van der Waals surface area contributed by atoms with Crippen molar-refractivity contribution < 1.29 is 9.90 Å². The fourth-order valence-electron chi connectivity index (χ4n) is 2.38. The van der Waals surface area contributed by atoms with Crippen LogP contribution < -0.4 is 0 Å². The first-order chi connectivity index (χ1) is 6.66. The Morgan fingerprint density at radius 3 is 2.93 bits per heavy atom. The topological polar surface area (TPSA) is 40.5 Å². The van der Waals surface area contributed by atoms with Crippen LogP contribution in [0.4, 0.5) is 0 Å². The minimum Gasteiger partial charge on any atom is -0.396 e. The average Bonchev–Trinajstić information content (AvgIpc) is 2.62. The lowest BCUT2D eigenvalue weighted by molar-refractivity contribution is -0.130. The summed E-state index contributed by atoms with van der Waals surface area (Å²) in [5.74, 6) is 0.719. The van der Waals surface area contributed by atoms with Crippen LogP contribution >= 0.6 is 0 Å². The zero-order valence-electron chi connectivity index (χ0n) is 9.20. The Bertz CT molecular complexity index is 194. The van der Waals surface area contributed by atoms with Gasteiger partial charge in [0.2, 0.25) is 5.91 Å². The zero-order chi connectivity index (χ0) is 10.6. The molecule has 1 amide bonds. The van der Waals surface area contributed by atoms with Gasteiger partial charge in [0.05, 0.1) is 0 Å². The van der Waals surface area contributed by atoms with E-state index in [0.717, 1.165) is 32.2 Å². The third-order valence-electron chi connectivity index (χ3n) is 3.18. The molecule has 0 aromatic carbocycles. The summed E-state index contributed by atoms with van der Waals surface area (Å²) in [6.45, 7) is 5.01. The molecule has 0 bridgehead atoms. The lowest BCUT2D eigenvalue weighted by atomic mass is 9.95. The summed E-state index contributed by atoms with van der Waals surface area (Å²) in [7, 11) is 0. The maximum absolute atomic E-state index is 11.3. The molecule has 2 atom stereocenters. The van der Waals surface area contributed by atoms with Crippen LogP contribution in [-0.2, 0) is 4.79 Å². The first kappa shape index (κ1) is 11.5. The van der Waals surface area contributed by atoms with Gasteiger partial charge >= 0.3 is 0 Å². The Morgan fingerprint density at radius 2 is 2.36 bits per heavy atom. The summed E-state index contributed by atoms with van der Waals surface area (Å²) in [6, 6.07) is 0.416. The van der Waals surface area contributed by atoms with Crippen molar-refractivity contribution in [3.63, 3.8) is 0 Å². The second-order valence-corrected chi connectivity index (χ2v) is 4.27. The molecule has 2 unspecified atom stereocenters. The highest BCUT2D eigenvalue weighted by Gasteiger charge is 2.30. The molecule has 0 aliphatic carbocycles. The van der Waals surface area contributed by atoms with E-state index in [1.165, 1.54) is 0 Å². The predicted molar refractivity (Wildman–Crippen MR) is 55.9 cm³/mol. The lowest BCUT2D eigenvalue weighted by Gasteiger charge is -2.28. The van der Waals surface area contributed by atoms with Crippen LogP contribution in [0.25, 0.3) is 0 Å². The van der Waals surface area contributed by atoms with Gasteiger partial charge in [0.25, 0.3) is 0 Å². The number of amides is 1. The molecule has 0 aromatic heterocycles. The van der Waals surface area contributed by atoms with E-state index in [1.54, 1.807) is 6.92 Å². The van der Waals surface area contributed by atoms with Gasteiger partial charge in [-0.05, 0) is 31.6 Å². The van der Waals surface area contributed by atoms with Crippen LogP contribution in [0, 0.1) is 5.92 Å². The molecule has 1 fully saturated rings. The number of hydrogen-bond donors (Lipinski definition) is 1. The molecular formula is C11H21NO2. The van der Waals surface area contributed by atoms with Gasteiger partial charge in [-0.25, -0.2) is 0 Å². The van der Waals surface area contributed by atoms with Crippen LogP contribution in [0.3, 0.4) is 0 Å². The van der Waals surface area contributed by atoms with Crippen LogP contribution in [-0.4, -0.2) is 35.1 Å². The Morgan fingerprint density at radius 1 is 1.64 bits per heavy atom. The summed E-state index contributed by atoms with van der Waals surface area (Å²) in [5.41, 5.74) is 0. The smallest absolute Gasteiger partial charge is 0.219 e. The first-order valence-electron chi connectivity index (χ1n) is 5.55. The van der Waals surface area contributed by atoms with Crippen LogP contribution in [0.5, 0.6) is 0 Å². The third-order valence-corrected chi connectivity index (χ3v) is 3.18. The molecule has 14 heavy (non-hydrogen) atoms. The fraction of sp³-hybridized carbons (Fsp3) is 0.909. The molecular weight excluding hydrogens is 178 g/mol. The number of aliphatic hydroxyl groups is 1. The van der Waals surface area contributed by atoms with Gasteiger partial charge in [-0.3, -0.25) is 4.79 Å². The Kier molecular flexibility index (Phi) is 4.39. The highest BCUT2D eigenvalue weighted by atomic mass is 16.2. The van der Waals surface area contributed by atoms with Gasteiger partial charge in [0.1, 0.15) is 0 Å². The van der Waals surface area contributed by atoms with Crippen molar-refractivity contribution in [2.75, 3.05) is 13.2 Å². The van der Waals surface area contributed by atoms with Crippen molar-refractivity contribution in [2.24, 2.45) is 5.92 Å². The molecule has 0 spiro atoms. The van der Waals surface area contributed by atoms with Crippen molar-refractivity contribution in [3.8, 4) is 0 Å². The second kappa shape index (κ2) is 5.35. The number of rotatable bonds is 4. The van der Waals surface area contributed by atoms with Crippen molar-refractivity contribution in [2.45, 2.75) is 45.6 Å². The number of likely N-dealkylation sites (tertiary alicyclic amines) is 1. The summed E-state index contributed by atoms with van der Waals surface area (Å²) in [4.78, 5) is 13.3. The largest absolute Gasteiger partial charge is 0.396 e. The van der Waals surface area contributed by atoms with Gasteiger partial charge in [0, 0.05) is 26.1 Å². The van der Waals surface area contributed by atoms with E-state index in [0.29, 0.717) is 12.0 Å². The highest BCUT2D eigenvalue weighted by Crippen LogP contribution is 2.26. The Hall–Kier alpha value is -0.570. The van der Waals surface area contributed by atoms with E-state index in [2.05, 4.69) is 6.92 Å². The number of aliphatic hydroxyl groups excluding tert-OH is 1. The van der Waals surface area contributed by atoms with Crippen molar-refractivity contribution >= 4 is 5.91 Å². The SMILES string of the molecule is CC(=O)N1CCCC1C(C)CCCO. The van der Waals surface area contributed by atoms with Gasteiger partial charge in [-0.15, -0.1) is 0 Å². The Labute approximate surface area is 86.1 Å². The lowest BCUT2D eigenvalue weighted by Crippen LogP contribution is -2.37. The van der Waals surface area contributed by atoms with Gasteiger partial charge < -0.3 is 10.0 Å². The maximum atomic E-state index is 11.3. The molecule has 0 saturated carbocycles. The van der Waals surface area contributed by atoms with Crippen LogP contribution in [0.15, 0.2) is 0 Å². The molecule has 1 N–H and O–H groups in total. The second-order valence-electron chi connectivity index (χ2n) is 4.27. The molecule has 1 rings (SSSR count). The maximum Gasteiger partial charge on any atom is 0.219 e. The molecule has 1 aliphatic rings. The van der Waals surface area contributed by atoms with E-state index in [1.807, 2.05) is 4.90 Å². The summed E-state index contributed by atoms with van der Waals surface area (Å²) in [6.07, 6.45) is 4.13. The molecule has 3 heteroatoms. The molecule has 1 heterocycles. The minimum atomic E-state index is 0.198. The monoisotopic (exact) mass is 199 g/mol. The molecule has 0 aromatic rings. The summed E-state index contributed by atoms with van der Waals surface area (Å²) >= 11 is 0. The number of hydrogen-bond acceptors (Lipinski definition) is 2. The summed E-state index contributed by atoms with van der Waals surface area (Å²) in [5, 5.41) is 8.75. The van der Waals surface area contributed by atoms with Crippen molar-refractivity contribution in [1.29, 1.82) is 0 Å². The van der Waals surface area contributed by atoms with Crippen molar-refractivity contribution in [1.82, 2.24) is 4.90 Å². The fourth-order valence-corrected chi connectivity index (χ4v) is 2.38. The number of carbonyl (C=O) groups is 1. The molecule has 0 radical (unpaired) electrons. The standard InChI is InChI=1S/C11H21NO2/c1-9(5-4-8-13)11-6-3-7-12(11)10(2)14/h9,11,13H,3-8H2,1-2H3. The molecule has 82 valence electrons. The summed E-state index contributed by atoms with van der Waals surface area (Å²) < 4.78 is 0. The number of carbonyl (C=O) groups excluding carboxylic acids is 1. The van der Waals surface area contributed by atoms with Gasteiger partial charge in [-0.1, -0.05) is 6.92 Å².